The molecule has 0 radical (unpaired) electrons. The number of aryl methyl sites for hydroxylation is 1. The molecule has 4 nitrogen and oxygen atoms in total. The van der Waals surface area contributed by atoms with Gasteiger partial charge in [-0.2, -0.15) is 0 Å². The second kappa shape index (κ2) is 7.28. The van der Waals surface area contributed by atoms with Gasteiger partial charge in [0.15, 0.2) is 0 Å². The Labute approximate surface area is 118 Å². The van der Waals surface area contributed by atoms with Crippen LogP contribution in [-0.2, 0) is 0 Å². The number of phenols is 3. The van der Waals surface area contributed by atoms with Crippen molar-refractivity contribution in [2.75, 3.05) is 6.61 Å². The minimum atomic E-state index is 0.150. The summed E-state index contributed by atoms with van der Waals surface area (Å²) < 4.78 is 5.13. The van der Waals surface area contributed by atoms with Crippen LogP contribution in [0.3, 0.4) is 0 Å². The molecular formula is C16H20O4. The molecule has 2 rings (SSSR count). The van der Waals surface area contributed by atoms with Crippen LogP contribution in [0.4, 0.5) is 0 Å². The maximum absolute atomic E-state index is 9.12. The molecule has 3 N–H and O–H groups in total. The molecule has 0 aromatic heterocycles. The van der Waals surface area contributed by atoms with E-state index in [0.717, 1.165) is 5.56 Å². The van der Waals surface area contributed by atoms with Gasteiger partial charge in [0, 0.05) is 11.6 Å². The van der Waals surface area contributed by atoms with Gasteiger partial charge in [0.2, 0.25) is 0 Å². The molecule has 0 fully saturated rings. The van der Waals surface area contributed by atoms with E-state index < -0.39 is 0 Å². The molecule has 0 saturated carbocycles. The number of hydrogen-bond acceptors (Lipinski definition) is 4. The Morgan fingerprint density at radius 3 is 2.05 bits per heavy atom. The highest BCUT2D eigenvalue weighted by atomic mass is 16.5. The Morgan fingerprint density at radius 2 is 1.55 bits per heavy atom. The molecule has 0 aliphatic carbocycles. The lowest BCUT2D eigenvalue weighted by molar-refractivity contribution is 0.337. The van der Waals surface area contributed by atoms with E-state index in [4.69, 9.17) is 20.1 Å². The monoisotopic (exact) mass is 276 g/mol. The summed E-state index contributed by atoms with van der Waals surface area (Å²) in [5.74, 6) is 1.25. The van der Waals surface area contributed by atoms with Crippen molar-refractivity contribution in [2.45, 2.75) is 20.8 Å². The molecule has 0 spiro atoms. The van der Waals surface area contributed by atoms with Crippen LogP contribution in [-0.4, -0.2) is 21.9 Å². The van der Waals surface area contributed by atoms with Crippen molar-refractivity contribution in [3.63, 3.8) is 0 Å². The number of hydrogen-bond donors (Lipinski definition) is 3. The van der Waals surface area contributed by atoms with Gasteiger partial charge in [-0.25, -0.2) is 0 Å². The van der Waals surface area contributed by atoms with Crippen LogP contribution in [0.25, 0.3) is 0 Å². The van der Waals surface area contributed by atoms with Crippen molar-refractivity contribution in [3.8, 4) is 23.0 Å². The Kier molecular flexibility index (Phi) is 5.72. The van der Waals surface area contributed by atoms with Gasteiger partial charge in [0.1, 0.15) is 23.0 Å². The smallest absolute Gasteiger partial charge is 0.122 e. The Bertz CT molecular complexity index is 541. The highest BCUT2D eigenvalue weighted by molar-refractivity contribution is 5.44. The highest BCUT2D eigenvalue weighted by Crippen LogP contribution is 2.26. The van der Waals surface area contributed by atoms with E-state index in [1.54, 1.807) is 37.3 Å². The lowest BCUT2D eigenvalue weighted by atomic mass is 10.1. The second-order valence-corrected chi connectivity index (χ2v) is 4.36. The second-order valence-electron chi connectivity index (χ2n) is 4.36. The van der Waals surface area contributed by atoms with Crippen molar-refractivity contribution < 1.29 is 20.1 Å². The standard InChI is InChI=1S/2C8H10O2/c1-5-3-7(9)6(2)8(10)4-5;1-2-10-8-5-3-4-7(9)6-8/h3-4,9-10H,1-2H3;3-6,9H,2H2,1H3. The van der Waals surface area contributed by atoms with E-state index in [1.165, 1.54) is 0 Å². The summed E-state index contributed by atoms with van der Waals surface area (Å²) in [5, 5.41) is 27.2. The summed E-state index contributed by atoms with van der Waals surface area (Å²) >= 11 is 0. The van der Waals surface area contributed by atoms with E-state index in [2.05, 4.69) is 0 Å². The Morgan fingerprint density at radius 1 is 0.950 bits per heavy atom. The van der Waals surface area contributed by atoms with Crippen LogP contribution >= 0.6 is 0 Å². The SMILES string of the molecule is CCOc1cccc(O)c1.Cc1cc(O)c(C)c(O)c1. The molecule has 0 aliphatic rings. The normalized spacial score (nSPS) is 9.55. The zero-order valence-electron chi connectivity index (χ0n) is 11.9. The molecule has 0 heterocycles. The maximum Gasteiger partial charge on any atom is 0.122 e. The van der Waals surface area contributed by atoms with Crippen molar-refractivity contribution in [1.82, 2.24) is 0 Å². The third-order valence-electron chi connectivity index (χ3n) is 2.63. The van der Waals surface area contributed by atoms with Gasteiger partial charge in [0.25, 0.3) is 0 Å². The maximum atomic E-state index is 9.12. The number of benzene rings is 2. The number of ether oxygens (including phenoxy) is 1. The van der Waals surface area contributed by atoms with E-state index in [0.29, 0.717) is 17.9 Å². The van der Waals surface area contributed by atoms with Gasteiger partial charge >= 0.3 is 0 Å². The van der Waals surface area contributed by atoms with Crippen molar-refractivity contribution in [1.29, 1.82) is 0 Å². The zero-order valence-corrected chi connectivity index (χ0v) is 11.9. The molecule has 0 amide bonds. The quantitative estimate of drug-likeness (QED) is 0.785. The number of phenolic OH excluding ortho intramolecular Hbond substituents is 3. The van der Waals surface area contributed by atoms with Gasteiger partial charge in [-0.3, -0.25) is 0 Å². The lowest BCUT2D eigenvalue weighted by Crippen LogP contribution is -1.89. The first-order valence-corrected chi connectivity index (χ1v) is 6.35. The first kappa shape index (κ1) is 15.7. The van der Waals surface area contributed by atoms with E-state index in [9.17, 15) is 0 Å². The summed E-state index contributed by atoms with van der Waals surface area (Å²) in [6.07, 6.45) is 0. The fourth-order valence-electron chi connectivity index (χ4n) is 1.56. The van der Waals surface area contributed by atoms with Crippen LogP contribution in [0.5, 0.6) is 23.0 Å². The van der Waals surface area contributed by atoms with Crippen LogP contribution < -0.4 is 4.74 Å². The minimum absolute atomic E-state index is 0.150. The fraction of sp³-hybridized carbons (Fsp3) is 0.250. The molecule has 0 unspecified atom stereocenters. The van der Waals surface area contributed by atoms with Gasteiger partial charge < -0.3 is 20.1 Å². The van der Waals surface area contributed by atoms with Crippen molar-refractivity contribution in [3.05, 3.63) is 47.5 Å². The molecule has 0 atom stereocenters. The molecule has 0 saturated heterocycles. The average molecular weight is 276 g/mol. The third kappa shape index (κ3) is 4.72. The number of aromatic hydroxyl groups is 3. The molecule has 108 valence electrons. The summed E-state index contributed by atoms with van der Waals surface area (Å²) in [6, 6.07) is 10.00. The zero-order chi connectivity index (χ0) is 15.1. The van der Waals surface area contributed by atoms with Gasteiger partial charge in [-0.1, -0.05) is 6.07 Å². The molecule has 2 aromatic rings. The molecule has 0 aliphatic heterocycles. The van der Waals surface area contributed by atoms with Crippen LogP contribution in [0.1, 0.15) is 18.1 Å². The Balaban J connectivity index is 0.000000200. The third-order valence-corrected chi connectivity index (χ3v) is 2.63. The van der Waals surface area contributed by atoms with Crippen LogP contribution in [0.2, 0.25) is 0 Å². The molecule has 0 bridgehead atoms. The highest BCUT2D eigenvalue weighted by Gasteiger charge is 2.01. The van der Waals surface area contributed by atoms with Crippen molar-refractivity contribution in [2.24, 2.45) is 0 Å². The molecule has 20 heavy (non-hydrogen) atoms. The molecule has 4 heteroatoms. The molecular weight excluding hydrogens is 256 g/mol. The van der Waals surface area contributed by atoms with Crippen molar-refractivity contribution >= 4 is 0 Å². The largest absolute Gasteiger partial charge is 0.508 e. The van der Waals surface area contributed by atoms with Crippen LogP contribution in [0, 0.1) is 13.8 Å². The van der Waals surface area contributed by atoms with E-state index in [1.807, 2.05) is 19.9 Å². The van der Waals surface area contributed by atoms with Gasteiger partial charge in [0.05, 0.1) is 6.61 Å². The number of rotatable bonds is 2. The van der Waals surface area contributed by atoms with E-state index >= 15 is 0 Å². The summed E-state index contributed by atoms with van der Waals surface area (Å²) in [5.41, 5.74) is 1.39. The average Bonchev–Trinajstić information content (AvgIpc) is 2.37. The summed E-state index contributed by atoms with van der Waals surface area (Å²) in [4.78, 5) is 0. The first-order chi connectivity index (χ1) is 9.43. The van der Waals surface area contributed by atoms with Gasteiger partial charge in [-0.15, -0.1) is 0 Å². The van der Waals surface area contributed by atoms with Crippen LogP contribution in [0.15, 0.2) is 36.4 Å². The predicted octanol–water partition coefficient (Wildman–Crippen LogP) is 3.51. The Hall–Kier alpha value is -2.36. The predicted molar refractivity (Wildman–Crippen MR) is 78.5 cm³/mol. The topological polar surface area (TPSA) is 69.9 Å². The summed E-state index contributed by atoms with van der Waals surface area (Å²) in [7, 11) is 0. The van der Waals surface area contributed by atoms with E-state index in [-0.39, 0.29) is 17.2 Å². The van der Waals surface area contributed by atoms with Gasteiger partial charge in [-0.05, 0) is 50.6 Å². The lowest BCUT2D eigenvalue weighted by Gasteiger charge is -2.01. The fourth-order valence-corrected chi connectivity index (χ4v) is 1.56. The summed E-state index contributed by atoms with van der Waals surface area (Å²) in [6.45, 7) is 6.02. The minimum Gasteiger partial charge on any atom is -0.508 e. The molecule has 2 aromatic carbocycles. The first-order valence-electron chi connectivity index (χ1n) is 6.35.